The van der Waals surface area contributed by atoms with Crippen molar-refractivity contribution in [3.63, 3.8) is 0 Å². The molecule has 0 aliphatic carbocycles. The lowest BCUT2D eigenvalue weighted by molar-refractivity contribution is -0.149. The van der Waals surface area contributed by atoms with Gasteiger partial charge in [0.05, 0.1) is 7.11 Å². The number of esters is 1. The van der Waals surface area contributed by atoms with Crippen LogP contribution < -0.4 is 5.32 Å². The molecule has 0 radical (unpaired) electrons. The van der Waals surface area contributed by atoms with E-state index in [9.17, 15) is 9.18 Å². The highest BCUT2D eigenvalue weighted by molar-refractivity contribution is 5.85. The third-order valence-electron chi connectivity index (χ3n) is 4.75. The fraction of sp³-hybridized carbons (Fsp3) is 0.562. The molecule has 2 heterocycles. The first kappa shape index (κ1) is 14.3. The zero-order valence-corrected chi connectivity index (χ0v) is 12.5. The van der Waals surface area contributed by atoms with Crippen LogP contribution in [-0.4, -0.2) is 43.2 Å². The lowest BCUT2D eigenvalue weighted by Gasteiger charge is -2.41. The third kappa shape index (κ3) is 2.50. The minimum absolute atomic E-state index is 0.210. The number of piperidine rings is 1. The van der Waals surface area contributed by atoms with Crippen molar-refractivity contribution >= 4 is 11.7 Å². The number of ether oxygens (including phenoxy) is 1. The van der Waals surface area contributed by atoms with Crippen LogP contribution in [0, 0.1) is 18.7 Å². The Morgan fingerprint density at radius 1 is 1.43 bits per heavy atom. The van der Waals surface area contributed by atoms with Gasteiger partial charge < -0.3 is 15.0 Å². The fourth-order valence-electron chi connectivity index (χ4n) is 3.71. The van der Waals surface area contributed by atoms with E-state index in [1.807, 2.05) is 13.0 Å². The molecule has 1 aromatic rings. The summed E-state index contributed by atoms with van der Waals surface area (Å²) in [6.07, 6.45) is 1.66. The highest BCUT2D eigenvalue weighted by Gasteiger charge is 2.52. The van der Waals surface area contributed by atoms with Gasteiger partial charge in [-0.25, -0.2) is 9.18 Å². The molecule has 0 spiro atoms. The number of carbonyl (C=O) groups excluding carboxylic acids is 1. The molecule has 2 aliphatic heterocycles. The Morgan fingerprint density at radius 2 is 2.24 bits per heavy atom. The van der Waals surface area contributed by atoms with Crippen LogP contribution in [0.25, 0.3) is 0 Å². The Morgan fingerprint density at radius 3 is 2.95 bits per heavy atom. The van der Waals surface area contributed by atoms with E-state index in [-0.39, 0.29) is 17.7 Å². The minimum atomic E-state index is -0.734. The first-order valence-electron chi connectivity index (χ1n) is 7.39. The normalized spacial score (nSPS) is 31.0. The number of halogens is 1. The molecule has 2 fully saturated rings. The first-order valence-corrected chi connectivity index (χ1v) is 7.39. The van der Waals surface area contributed by atoms with Crippen molar-refractivity contribution in [2.45, 2.75) is 25.3 Å². The average Bonchev–Trinajstić information content (AvgIpc) is 2.84. The molecule has 2 aliphatic rings. The maximum Gasteiger partial charge on any atom is 0.331 e. The number of nitrogens with zero attached hydrogens (tertiary/aromatic N) is 1. The van der Waals surface area contributed by atoms with Crippen LogP contribution in [0.15, 0.2) is 18.2 Å². The van der Waals surface area contributed by atoms with Gasteiger partial charge >= 0.3 is 5.97 Å². The van der Waals surface area contributed by atoms with E-state index in [0.29, 0.717) is 12.1 Å². The molecule has 21 heavy (non-hydrogen) atoms. The van der Waals surface area contributed by atoms with Crippen molar-refractivity contribution in [3.05, 3.63) is 29.6 Å². The molecule has 2 bridgehead atoms. The maximum atomic E-state index is 13.6. The molecule has 5 heteroatoms. The predicted molar refractivity (Wildman–Crippen MR) is 78.7 cm³/mol. The van der Waals surface area contributed by atoms with E-state index in [4.69, 9.17) is 4.74 Å². The molecule has 3 atom stereocenters. The third-order valence-corrected chi connectivity index (χ3v) is 4.75. The summed E-state index contributed by atoms with van der Waals surface area (Å²) in [6.45, 7) is 4.63. The van der Waals surface area contributed by atoms with Crippen molar-refractivity contribution in [3.8, 4) is 0 Å². The van der Waals surface area contributed by atoms with Crippen LogP contribution in [0.4, 0.5) is 10.1 Å². The lowest BCUT2D eigenvalue weighted by atomic mass is 9.78. The maximum absolute atomic E-state index is 13.6. The molecule has 2 saturated heterocycles. The second-order valence-corrected chi connectivity index (χ2v) is 6.14. The summed E-state index contributed by atoms with van der Waals surface area (Å²) < 4.78 is 18.7. The van der Waals surface area contributed by atoms with Crippen molar-refractivity contribution in [1.29, 1.82) is 0 Å². The second-order valence-electron chi connectivity index (χ2n) is 6.14. The zero-order valence-electron chi connectivity index (χ0n) is 12.5. The number of nitrogens with one attached hydrogen (secondary N) is 1. The van der Waals surface area contributed by atoms with Gasteiger partial charge in [-0.05, 0) is 50.1 Å². The standard InChI is InChI=1S/C16H21FN2O2/c1-11-7-13(17)9-14(8-11)18-16(15(20)21-2)4-6-19-5-3-12(16)10-19/h7-9,12,18H,3-6,10H2,1-2H3. The Balaban J connectivity index is 1.94. The van der Waals surface area contributed by atoms with Gasteiger partial charge in [0.15, 0.2) is 0 Å². The van der Waals surface area contributed by atoms with Gasteiger partial charge in [0.1, 0.15) is 11.4 Å². The summed E-state index contributed by atoms with van der Waals surface area (Å²) in [6, 6.07) is 4.79. The molecular weight excluding hydrogens is 271 g/mol. The first-order chi connectivity index (χ1) is 10.0. The number of aryl methyl sites for hydroxylation is 1. The van der Waals surface area contributed by atoms with Crippen LogP contribution >= 0.6 is 0 Å². The molecular formula is C16H21FN2O2. The van der Waals surface area contributed by atoms with Crippen molar-refractivity contribution in [2.75, 3.05) is 32.1 Å². The monoisotopic (exact) mass is 292 g/mol. The number of rotatable bonds is 3. The van der Waals surface area contributed by atoms with E-state index in [2.05, 4.69) is 10.2 Å². The number of hydrogen-bond donors (Lipinski definition) is 1. The quantitative estimate of drug-likeness (QED) is 0.867. The van der Waals surface area contributed by atoms with Crippen molar-refractivity contribution in [2.24, 2.45) is 5.92 Å². The summed E-state index contributed by atoms with van der Waals surface area (Å²) in [4.78, 5) is 14.8. The smallest absolute Gasteiger partial charge is 0.331 e. The SMILES string of the molecule is COC(=O)C1(Nc2cc(C)cc(F)c2)CCN2CCC1C2. The van der Waals surface area contributed by atoms with Gasteiger partial charge in [-0.3, -0.25) is 0 Å². The summed E-state index contributed by atoms with van der Waals surface area (Å²) >= 11 is 0. The Hall–Kier alpha value is -1.62. The molecule has 0 amide bonds. The Labute approximate surface area is 124 Å². The highest BCUT2D eigenvalue weighted by atomic mass is 19.1. The number of fused-ring (bicyclic) bond motifs is 2. The van der Waals surface area contributed by atoms with E-state index in [1.165, 1.54) is 19.2 Å². The summed E-state index contributed by atoms with van der Waals surface area (Å²) in [5, 5.41) is 3.31. The largest absolute Gasteiger partial charge is 0.467 e. The predicted octanol–water partition coefficient (Wildman–Crippen LogP) is 2.18. The van der Waals surface area contributed by atoms with Gasteiger partial charge in [0.25, 0.3) is 0 Å². The topological polar surface area (TPSA) is 41.6 Å². The second kappa shape index (κ2) is 5.30. The molecule has 1 N–H and O–H groups in total. The summed E-state index contributed by atoms with van der Waals surface area (Å²) in [7, 11) is 1.42. The molecule has 3 unspecified atom stereocenters. The molecule has 1 aromatic carbocycles. The minimum Gasteiger partial charge on any atom is -0.467 e. The zero-order chi connectivity index (χ0) is 15.0. The molecule has 114 valence electrons. The van der Waals surface area contributed by atoms with E-state index in [1.54, 1.807) is 0 Å². The van der Waals surface area contributed by atoms with E-state index < -0.39 is 5.54 Å². The van der Waals surface area contributed by atoms with Crippen molar-refractivity contribution < 1.29 is 13.9 Å². The number of methoxy groups -OCH3 is 1. The van der Waals surface area contributed by atoms with E-state index in [0.717, 1.165) is 31.6 Å². The number of carbonyl (C=O) groups is 1. The van der Waals surface area contributed by atoms with Crippen LogP contribution in [0.2, 0.25) is 0 Å². The van der Waals surface area contributed by atoms with Gasteiger partial charge in [-0.15, -0.1) is 0 Å². The Kier molecular flexibility index (Phi) is 3.61. The molecule has 3 rings (SSSR count). The summed E-state index contributed by atoms with van der Waals surface area (Å²) in [5.74, 6) is -0.320. The average molecular weight is 292 g/mol. The van der Waals surface area contributed by atoms with Crippen LogP contribution in [-0.2, 0) is 9.53 Å². The molecule has 0 saturated carbocycles. The van der Waals surface area contributed by atoms with Gasteiger partial charge in [0.2, 0.25) is 0 Å². The van der Waals surface area contributed by atoms with Gasteiger partial charge in [0, 0.05) is 24.7 Å². The fourth-order valence-corrected chi connectivity index (χ4v) is 3.71. The lowest BCUT2D eigenvalue weighted by Crippen LogP contribution is -2.57. The van der Waals surface area contributed by atoms with Gasteiger partial charge in [-0.2, -0.15) is 0 Å². The number of benzene rings is 1. The van der Waals surface area contributed by atoms with Crippen molar-refractivity contribution in [1.82, 2.24) is 4.90 Å². The van der Waals surface area contributed by atoms with Crippen LogP contribution in [0.5, 0.6) is 0 Å². The molecule has 0 aromatic heterocycles. The molecule has 4 nitrogen and oxygen atoms in total. The Bertz CT molecular complexity index is 543. The number of hydrogen-bond acceptors (Lipinski definition) is 4. The van der Waals surface area contributed by atoms with Gasteiger partial charge in [-0.1, -0.05) is 0 Å². The van der Waals surface area contributed by atoms with Crippen LogP contribution in [0.3, 0.4) is 0 Å². The summed E-state index contributed by atoms with van der Waals surface area (Å²) in [5.41, 5.74) is 0.752. The van der Waals surface area contributed by atoms with Crippen LogP contribution in [0.1, 0.15) is 18.4 Å². The van der Waals surface area contributed by atoms with E-state index >= 15 is 0 Å². The highest BCUT2D eigenvalue weighted by Crippen LogP contribution is 2.39. The number of anilines is 1.